The van der Waals surface area contributed by atoms with E-state index in [1.54, 1.807) is 30.3 Å². The number of halogens is 2. The molecule has 176 valence electrons. The van der Waals surface area contributed by atoms with Gasteiger partial charge in [-0.15, -0.1) is 11.3 Å². The predicted octanol–water partition coefficient (Wildman–Crippen LogP) is 5.00. The molecular weight excluding hydrogens is 472 g/mol. The summed E-state index contributed by atoms with van der Waals surface area (Å²) in [5, 5.41) is 5.03. The van der Waals surface area contributed by atoms with E-state index in [4.69, 9.17) is 9.47 Å². The summed E-state index contributed by atoms with van der Waals surface area (Å²) in [6.45, 7) is 1.35. The maximum absolute atomic E-state index is 14.0. The number of sulfone groups is 1. The summed E-state index contributed by atoms with van der Waals surface area (Å²) in [6.07, 6.45) is 3.11. The first-order chi connectivity index (χ1) is 15.6. The molecule has 1 atom stereocenters. The number of benzene rings is 1. The average Bonchev–Trinajstić information content (AvgIpc) is 3.47. The Labute approximate surface area is 194 Å². The molecule has 1 aliphatic carbocycles. The van der Waals surface area contributed by atoms with Crippen molar-refractivity contribution in [3.05, 3.63) is 68.6 Å². The lowest BCUT2D eigenvalue weighted by Crippen LogP contribution is -2.34. The fourth-order valence-corrected chi connectivity index (χ4v) is 5.17. The Bertz CT molecular complexity index is 1170. The number of para-hydroxylation sites is 1. The number of rotatable bonds is 9. The van der Waals surface area contributed by atoms with Gasteiger partial charge in [-0.1, -0.05) is 24.3 Å². The molecular formula is C23H23F2NO5S2. The molecule has 33 heavy (non-hydrogen) atoms. The second kappa shape index (κ2) is 9.36. The van der Waals surface area contributed by atoms with Crippen LogP contribution in [-0.4, -0.2) is 33.6 Å². The van der Waals surface area contributed by atoms with Gasteiger partial charge in [0.1, 0.15) is 10.6 Å². The Balaban J connectivity index is 1.55. The summed E-state index contributed by atoms with van der Waals surface area (Å²) in [4.78, 5) is 12.8. The third kappa shape index (κ3) is 6.27. The van der Waals surface area contributed by atoms with E-state index in [9.17, 15) is 22.0 Å². The fraction of sp³-hybridized carbons (Fsp3) is 0.348. The van der Waals surface area contributed by atoms with Crippen molar-refractivity contribution in [2.75, 3.05) is 13.2 Å². The van der Waals surface area contributed by atoms with Crippen molar-refractivity contribution >= 4 is 27.1 Å². The Morgan fingerprint density at radius 3 is 2.55 bits per heavy atom. The predicted molar refractivity (Wildman–Crippen MR) is 121 cm³/mol. The number of carbonyl (C=O) groups is 1. The first-order valence-corrected chi connectivity index (χ1v) is 12.8. The molecule has 6 nitrogen and oxygen atoms in total. The molecule has 0 radical (unpaired) electrons. The molecule has 2 heterocycles. The summed E-state index contributed by atoms with van der Waals surface area (Å²) in [6, 6.07) is 9.20. The van der Waals surface area contributed by atoms with Gasteiger partial charge in [-0.25, -0.2) is 17.2 Å². The summed E-state index contributed by atoms with van der Waals surface area (Å²) in [7, 11) is -3.60. The zero-order valence-corrected chi connectivity index (χ0v) is 19.4. The topological polar surface area (TPSA) is 81.7 Å². The van der Waals surface area contributed by atoms with Crippen LogP contribution < -0.4 is 10.1 Å². The molecule has 2 aromatic rings. The third-order valence-corrected chi connectivity index (χ3v) is 7.60. The van der Waals surface area contributed by atoms with Gasteiger partial charge in [-0.2, -0.15) is 0 Å². The average molecular weight is 496 g/mol. The molecule has 1 aromatic heterocycles. The minimum Gasteiger partial charge on any atom is -0.456 e. The van der Waals surface area contributed by atoms with E-state index in [1.807, 2.05) is 0 Å². The highest BCUT2D eigenvalue weighted by Gasteiger charge is 2.34. The van der Waals surface area contributed by atoms with Gasteiger partial charge in [0.2, 0.25) is 0 Å². The number of hydrogen-bond acceptors (Lipinski definition) is 6. The standard InChI is InChI=1S/C23H23F2NO5S2/c1-23(24,25)20-11-19(31-17-5-3-2-4-6-17)21(32-20)22(27)26-18(16-7-8-16)9-10-33(28,29)14-15-12-30-13-15/h2-6,9-11,14,16,18H,7-8,12-13H2,1H3,(H,26,27)/b10-9+/t18-/m1/s1. The number of alkyl halides is 2. The molecule has 1 amide bonds. The van der Waals surface area contributed by atoms with Crippen molar-refractivity contribution in [1.82, 2.24) is 5.32 Å². The largest absolute Gasteiger partial charge is 0.456 e. The molecule has 0 spiro atoms. The minimum absolute atomic E-state index is 0.00557. The summed E-state index contributed by atoms with van der Waals surface area (Å²) >= 11 is 0.658. The van der Waals surface area contributed by atoms with Gasteiger partial charge in [-0.3, -0.25) is 4.79 Å². The van der Waals surface area contributed by atoms with Crippen LogP contribution in [0.15, 0.2) is 58.9 Å². The lowest BCUT2D eigenvalue weighted by atomic mass is 10.2. The molecule has 1 saturated carbocycles. The molecule has 2 fully saturated rings. The fourth-order valence-electron chi connectivity index (χ4n) is 3.19. The Kier molecular flexibility index (Phi) is 6.69. The van der Waals surface area contributed by atoms with Crippen LogP contribution in [0.4, 0.5) is 8.78 Å². The molecule has 1 aromatic carbocycles. The van der Waals surface area contributed by atoms with E-state index in [1.165, 1.54) is 17.6 Å². The summed E-state index contributed by atoms with van der Waals surface area (Å²) in [5.74, 6) is -3.20. The summed E-state index contributed by atoms with van der Waals surface area (Å²) < 4.78 is 63.2. The monoisotopic (exact) mass is 495 g/mol. The van der Waals surface area contributed by atoms with Crippen LogP contribution in [0.25, 0.3) is 0 Å². The second-order valence-corrected chi connectivity index (χ2v) is 10.9. The van der Waals surface area contributed by atoms with Gasteiger partial charge in [0.05, 0.1) is 24.1 Å². The van der Waals surface area contributed by atoms with E-state index < -0.39 is 27.7 Å². The normalized spacial score (nSPS) is 17.5. The number of hydrogen-bond donors (Lipinski definition) is 1. The molecule has 1 N–H and O–H groups in total. The molecule has 1 aliphatic heterocycles. The number of carbonyl (C=O) groups excluding carboxylic acids is 1. The smallest absolute Gasteiger partial charge is 0.279 e. The van der Waals surface area contributed by atoms with E-state index in [0.717, 1.165) is 25.2 Å². The van der Waals surface area contributed by atoms with Crippen LogP contribution in [0.5, 0.6) is 11.5 Å². The SMILES string of the molecule is CC(F)(F)c1cc(Oc2ccccc2)c(C(=O)N[C@H](/C=C/S(=O)(=O)C=C2COC2)C2CC2)s1. The highest BCUT2D eigenvalue weighted by atomic mass is 32.2. The van der Waals surface area contributed by atoms with Crippen LogP contribution in [0.3, 0.4) is 0 Å². The number of ether oxygens (including phenoxy) is 2. The molecule has 1 saturated heterocycles. The Morgan fingerprint density at radius 1 is 1.27 bits per heavy atom. The lowest BCUT2D eigenvalue weighted by molar-refractivity contribution is 0.0214. The molecule has 2 aliphatic rings. The van der Waals surface area contributed by atoms with Crippen LogP contribution in [0.2, 0.25) is 0 Å². The van der Waals surface area contributed by atoms with Crippen molar-refractivity contribution in [1.29, 1.82) is 0 Å². The second-order valence-electron chi connectivity index (χ2n) is 8.13. The first-order valence-electron chi connectivity index (χ1n) is 10.4. The van der Waals surface area contributed by atoms with E-state index in [0.29, 0.717) is 35.9 Å². The van der Waals surface area contributed by atoms with Gasteiger partial charge in [-0.05, 0) is 36.5 Å². The van der Waals surface area contributed by atoms with Crippen LogP contribution in [0.1, 0.15) is 34.3 Å². The third-order valence-electron chi connectivity index (χ3n) is 5.12. The van der Waals surface area contributed by atoms with Crippen LogP contribution in [-0.2, 0) is 20.5 Å². The number of nitrogens with one attached hydrogen (secondary N) is 1. The summed E-state index contributed by atoms with van der Waals surface area (Å²) in [5.41, 5.74) is 0.681. The van der Waals surface area contributed by atoms with Crippen molar-refractivity contribution in [2.24, 2.45) is 5.92 Å². The van der Waals surface area contributed by atoms with Crippen molar-refractivity contribution in [3.8, 4) is 11.5 Å². The molecule has 10 heteroatoms. The van der Waals surface area contributed by atoms with E-state index in [-0.39, 0.29) is 21.4 Å². The van der Waals surface area contributed by atoms with Gasteiger partial charge in [0.15, 0.2) is 15.6 Å². The minimum atomic E-state index is -3.60. The van der Waals surface area contributed by atoms with Gasteiger partial charge in [0, 0.05) is 23.8 Å². The maximum atomic E-state index is 14.0. The molecule has 0 unspecified atom stereocenters. The molecule has 0 bridgehead atoms. The number of thiophene rings is 1. The Hall–Kier alpha value is -2.56. The van der Waals surface area contributed by atoms with Gasteiger partial charge >= 0.3 is 0 Å². The van der Waals surface area contributed by atoms with Crippen molar-refractivity contribution in [2.45, 2.75) is 31.7 Å². The highest BCUT2D eigenvalue weighted by molar-refractivity contribution is 7.97. The number of amides is 1. The maximum Gasteiger partial charge on any atom is 0.279 e. The van der Waals surface area contributed by atoms with Crippen molar-refractivity contribution in [3.63, 3.8) is 0 Å². The zero-order valence-electron chi connectivity index (χ0n) is 17.8. The van der Waals surface area contributed by atoms with Crippen LogP contribution in [0, 0.1) is 5.92 Å². The first kappa shape index (κ1) is 23.6. The van der Waals surface area contributed by atoms with Crippen LogP contribution >= 0.6 is 11.3 Å². The van der Waals surface area contributed by atoms with E-state index >= 15 is 0 Å². The zero-order chi connectivity index (χ0) is 23.6. The lowest BCUT2D eigenvalue weighted by Gasteiger charge is -2.17. The molecule has 4 rings (SSSR count). The van der Waals surface area contributed by atoms with Gasteiger partial charge < -0.3 is 14.8 Å². The van der Waals surface area contributed by atoms with Gasteiger partial charge in [0.25, 0.3) is 11.8 Å². The highest BCUT2D eigenvalue weighted by Crippen LogP contribution is 2.41. The Morgan fingerprint density at radius 2 is 1.97 bits per heavy atom. The van der Waals surface area contributed by atoms with E-state index in [2.05, 4.69) is 5.32 Å². The van der Waals surface area contributed by atoms with Crippen molar-refractivity contribution < 1.29 is 31.5 Å². The quantitative estimate of drug-likeness (QED) is 0.529.